The predicted octanol–water partition coefficient (Wildman–Crippen LogP) is 2.89. The number of hydrazine groups is 1. The number of hydrogen-bond acceptors (Lipinski definition) is 4. The molecular formula is C20H25N3O4. The van der Waals surface area contributed by atoms with Crippen LogP contribution >= 0.6 is 0 Å². The molecule has 4 aliphatic rings. The van der Waals surface area contributed by atoms with E-state index in [1.54, 1.807) is 12.1 Å². The van der Waals surface area contributed by atoms with Crippen molar-refractivity contribution in [2.24, 2.45) is 23.2 Å². The fourth-order valence-electron chi connectivity index (χ4n) is 6.00. The number of nitrogens with one attached hydrogen (secondary N) is 2. The summed E-state index contributed by atoms with van der Waals surface area (Å²) in [5.41, 5.74) is 5.83. The second kappa shape index (κ2) is 6.94. The summed E-state index contributed by atoms with van der Waals surface area (Å²) >= 11 is 0. The van der Waals surface area contributed by atoms with Crippen molar-refractivity contribution in [2.45, 2.75) is 51.4 Å². The number of hydrogen-bond donors (Lipinski definition) is 2. The minimum atomic E-state index is -0.478. The standard InChI is InChI=1S/C20H25N3O4/c24-18(8-13-1-3-17(4-2-13)23(26)27)21-22-19(25)12-20-9-14-5-15(10-20)7-16(6-14)11-20/h1-4,14-16H,5-12H2,(H,21,24)(H,22,25). The topological polar surface area (TPSA) is 101 Å². The van der Waals surface area contributed by atoms with Crippen LogP contribution in [0.3, 0.4) is 0 Å². The van der Waals surface area contributed by atoms with Crippen LogP contribution in [0.15, 0.2) is 24.3 Å². The number of nitrogens with zero attached hydrogens (tertiary/aromatic N) is 1. The molecule has 4 saturated carbocycles. The van der Waals surface area contributed by atoms with Gasteiger partial charge in [0.2, 0.25) is 11.8 Å². The first-order valence-corrected chi connectivity index (χ1v) is 9.72. The van der Waals surface area contributed by atoms with Gasteiger partial charge in [0.1, 0.15) is 0 Å². The summed E-state index contributed by atoms with van der Waals surface area (Å²) in [6.07, 6.45) is 8.05. The normalized spacial score (nSPS) is 30.7. The van der Waals surface area contributed by atoms with E-state index >= 15 is 0 Å². The van der Waals surface area contributed by atoms with Crippen LogP contribution in [0.25, 0.3) is 0 Å². The molecule has 27 heavy (non-hydrogen) atoms. The summed E-state index contributed by atoms with van der Waals surface area (Å²) in [4.78, 5) is 34.6. The van der Waals surface area contributed by atoms with Gasteiger partial charge in [0, 0.05) is 18.6 Å². The van der Waals surface area contributed by atoms with Crippen molar-refractivity contribution in [1.29, 1.82) is 0 Å². The monoisotopic (exact) mass is 371 g/mol. The van der Waals surface area contributed by atoms with Gasteiger partial charge in [-0.25, -0.2) is 0 Å². The molecule has 0 aliphatic heterocycles. The summed E-state index contributed by atoms with van der Waals surface area (Å²) in [6.45, 7) is 0. The lowest BCUT2D eigenvalue weighted by Gasteiger charge is -2.56. The summed E-state index contributed by atoms with van der Waals surface area (Å²) < 4.78 is 0. The average Bonchev–Trinajstić information content (AvgIpc) is 2.59. The Hall–Kier alpha value is -2.44. The largest absolute Gasteiger partial charge is 0.273 e. The molecule has 0 radical (unpaired) electrons. The number of carbonyl (C=O) groups is 2. The van der Waals surface area contributed by atoms with Crippen molar-refractivity contribution < 1.29 is 14.5 Å². The number of non-ortho nitro benzene ring substituents is 1. The van der Waals surface area contributed by atoms with E-state index in [2.05, 4.69) is 10.9 Å². The van der Waals surface area contributed by atoms with Crippen LogP contribution in [0.4, 0.5) is 5.69 Å². The number of amides is 2. The lowest BCUT2D eigenvalue weighted by Crippen LogP contribution is -2.50. The highest BCUT2D eigenvalue weighted by Gasteiger charge is 2.51. The predicted molar refractivity (Wildman–Crippen MR) is 98.3 cm³/mol. The SMILES string of the molecule is O=C(Cc1ccc([N+](=O)[O-])cc1)NNC(=O)CC12CC3CC(CC(C3)C1)C2. The first-order chi connectivity index (χ1) is 12.9. The van der Waals surface area contributed by atoms with E-state index in [4.69, 9.17) is 0 Å². The second-order valence-corrected chi connectivity index (χ2v) is 8.79. The van der Waals surface area contributed by atoms with Crippen LogP contribution in [0, 0.1) is 33.3 Å². The van der Waals surface area contributed by atoms with E-state index in [1.807, 2.05) is 0 Å². The van der Waals surface area contributed by atoms with Crippen molar-refractivity contribution in [3.05, 3.63) is 39.9 Å². The summed E-state index contributed by atoms with van der Waals surface area (Å²) in [5, 5.41) is 10.7. The fourth-order valence-corrected chi connectivity index (χ4v) is 6.00. The molecule has 5 rings (SSSR count). The van der Waals surface area contributed by atoms with Gasteiger partial charge in [-0.15, -0.1) is 0 Å². The van der Waals surface area contributed by atoms with Gasteiger partial charge in [0.15, 0.2) is 0 Å². The Bertz CT molecular complexity index is 724. The molecule has 0 aromatic heterocycles. The third-order valence-electron chi connectivity index (χ3n) is 6.55. The van der Waals surface area contributed by atoms with E-state index in [1.165, 1.54) is 31.4 Å². The van der Waals surface area contributed by atoms with Crippen molar-refractivity contribution in [3.63, 3.8) is 0 Å². The molecular weight excluding hydrogens is 346 g/mol. The van der Waals surface area contributed by atoms with Gasteiger partial charge in [0.25, 0.3) is 5.69 Å². The smallest absolute Gasteiger partial charge is 0.269 e. The van der Waals surface area contributed by atoms with Gasteiger partial charge in [0.05, 0.1) is 11.3 Å². The Morgan fingerprint density at radius 2 is 1.48 bits per heavy atom. The minimum Gasteiger partial charge on any atom is -0.273 e. The molecule has 0 unspecified atom stereocenters. The van der Waals surface area contributed by atoms with Gasteiger partial charge >= 0.3 is 0 Å². The number of benzene rings is 1. The van der Waals surface area contributed by atoms with Crippen LogP contribution in [-0.4, -0.2) is 16.7 Å². The molecule has 4 aliphatic carbocycles. The molecule has 4 bridgehead atoms. The Labute approximate surface area is 158 Å². The van der Waals surface area contributed by atoms with Crippen molar-refractivity contribution in [1.82, 2.24) is 10.9 Å². The van der Waals surface area contributed by atoms with E-state index in [9.17, 15) is 19.7 Å². The number of nitro groups is 1. The molecule has 1 aromatic carbocycles. The van der Waals surface area contributed by atoms with E-state index in [-0.39, 0.29) is 29.3 Å². The number of carbonyl (C=O) groups excluding carboxylic acids is 2. The van der Waals surface area contributed by atoms with Crippen molar-refractivity contribution in [3.8, 4) is 0 Å². The highest BCUT2D eigenvalue weighted by molar-refractivity contribution is 5.83. The first kappa shape index (κ1) is 17.9. The minimum absolute atomic E-state index is 0.0111. The average molecular weight is 371 g/mol. The molecule has 0 atom stereocenters. The molecule has 1 aromatic rings. The maximum Gasteiger partial charge on any atom is 0.269 e. The van der Waals surface area contributed by atoms with Crippen molar-refractivity contribution >= 4 is 17.5 Å². The Morgan fingerprint density at radius 3 is 2.00 bits per heavy atom. The zero-order chi connectivity index (χ0) is 19.0. The fraction of sp³-hybridized carbons (Fsp3) is 0.600. The molecule has 0 spiro atoms. The lowest BCUT2D eigenvalue weighted by molar-refractivity contribution is -0.384. The summed E-state index contributed by atoms with van der Waals surface area (Å²) in [7, 11) is 0. The van der Waals surface area contributed by atoms with Crippen LogP contribution in [0.1, 0.15) is 50.5 Å². The highest BCUT2D eigenvalue weighted by atomic mass is 16.6. The molecule has 0 heterocycles. The molecule has 2 N–H and O–H groups in total. The van der Waals surface area contributed by atoms with E-state index in [0.717, 1.165) is 37.0 Å². The van der Waals surface area contributed by atoms with Crippen LogP contribution in [0.5, 0.6) is 0 Å². The molecule has 4 fully saturated rings. The second-order valence-electron chi connectivity index (χ2n) is 8.79. The highest BCUT2D eigenvalue weighted by Crippen LogP contribution is 2.61. The lowest BCUT2D eigenvalue weighted by atomic mass is 9.49. The maximum atomic E-state index is 12.4. The number of nitro benzene ring substituents is 1. The van der Waals surface area contributed by atoms with E-state index in [0.29, 0.717) is 12.0 Å². The third kappa shape index (κ3) is 3.96. The molecule has 2 amide bonds. The zero-order valence-corrected chi connectivity index (χ0v) is 15.3. The van der Waals surface area contributed by atoms with Gasteiger partial charge in [-0.3, -0.25) is 30.6 Å². The van der Waals surface area contributed by atoms with Crippen LogP contribution in [-0.2, 0) is 16.0 Å². The quantitative estimate of drug-likeness (QED) is 0.614. The van der Waals surface area contributed by atoms with Crippen LogP contribution in [0.2, 0.25) is 0 Å². The first-order valence-electron chi connectivity index (χ1n) is 9.72. The maximum absolute atomic E-state index is 12.4. The van der Waals surface area contributed by atoms with E-state index < -0.39 is 4.92 Å². The van der Waals surface area contributed by atoms with Gasteiger partial charge in [-0.2, -0.15) is 0 Å². The van der Waals surface area contributed by atoms with Gasteiger partial charge in [-0.1, -0.05) is 12.1 Å². The third-order valence-corrected chi connectivity index (χ3v) is 6.55. The zero-order valence-electron chi connectivity index (χ0n) is 15.3. The number of rotatable bonds is 5. The Balaban J connectivity index is 1.25. The Kier molecular flexibility index (Phi) is 4.61. The summed E-state index contributed by atoms with van der Waals surface area (Å²) in [6, 6.07) is 5.84. The molecule has 7 nitrogen and oxygen atoms in total. The molecule has 0 saturated heterocycles. The molecule has 7 heteroatoms. The van der Waals surface area contributed by atoms with Crippen LogP contribution < -0.4 is 10.9 Å². The van der Waals surface area contributed by atoms with Gasteiger partial charge < -0.3 is 0 Å². The van der Waals surface area contributed by atoms with Crippen molar-refractivity contribution in [2.75, 3.05) is 0 Å². The van der Waals surface area contributed by atoms with Gasteiger partial charge in [-0.05, 0) is 67.3 Å². The molecule has 144 valence electrons. The Morgan fingerprint density at radius 1 is 0.963 bits per heavy atom. The summed E-state index contributed by atoms with van der Waals surface area (Å²) in [5.74, 6) is 1.93.